The summed E-state index contributed by atoms with van der Waals surface area (Å²) in [6.45, 7) is 6.92. The van der Waals surface area contributed by atoms with Crippen LogP contribution in [0.15, 0.2) is 0 Å². The van der Waals surface area contributed by atoms with Crippen molar-refractivity contribution in [2.45, 2.75) is 70.0 Å². The van der Waals surface area contributed by atoms with Gasteiger partial charge in [0.15, 0.2) is 24.0 Å². The summed E-state index contributed by atoms with van der Waals surface area (Å²) in [5.74, 6) is -2.48. The largest absolute Gasteiger partial charge is 0.358 e. The standard InChI is InChI=1S/C15H24N2O7/c1-14(2)21-8-9(22-14)11-13(24-15(3,4)23-11)20-10(8)12(19)17-6-7(18)16-5/h8-11,13H,6H2,1-5H3,(H,16,18)(H,17,19)/t8-,9-,10-,11-,13+/m1/s1. The van der Waals surface area contributed by atoms with Crippen LogP contribution < -0.4 is 10.6 Å². The van der Waals surface area contributed by atoms with Crippen molar-refractivity contribution >= 4 is 11.8 Å². The summed E-state index contributed by atoms with van der Waals surface area (Å²) >= 11 is 0. The van der Waals surface area contributed by atoms with Gasteiger partial charge in [-0.2, -0.15) is 0 Å². The number of ether oxygens (including phenoxy) is 5. The molecule has 2 amide bonds. The van der Waals surface area contributed by atoms with Crippen LogP contribution in [0.5, 0.6) is 0 Å². The van der Waals surface area contributed by atoms with Gasteiger partial charge in [-0.3, -0.25) is 9.59 Å². The van der Waals surface area contributed by atoms with Crippen molar-refractivity contribution in [2.75, 3.05) is 13.6 Å². The molecule has 0 aliphatic carbocycles. The Bertz CT molecular complexity index is 536. The maximum absolute atomic E-state index is 12.5. The molecule has 9 nitrogen and oxygen atoms in total. The highest BCUT2D eigenvalue weighted by Crippen LogP contribution is 2.44. The van der Waals surface area contributed by atoms with Gasteiger partial charge in [0.1, 0.15) is 18.3 Å². The van der Waals surface area contributed by atoms with E-state index in [9.17, 15) is 9.59 Å². The first-order valence-electron chi connectivity index (χ1n) is 7.97. The molecule has 0 aromatic rings. The summed E-state index contributed by atoms with van der Waals surface area (Å²) in [7, 11) is 1.49. The molecule has 0 aromatic carbocycles. The topological polar surface area (TPSA) is 104 Å². The highest BCUT2D eigenvalue weighted by atomic mass is 16.9. The molecule has 2 N–H and O–H groups in total. The van der Waals surface area contributed by atoms with E-state index in [1.54, 1.807) is 27.7 Å². The molecule has 0 unspecified atom stereocenters. The number of amides is 2. The van der Waals surface area contributed by atoms with Crippen LogP contribution in [-0.4, -0.2) is 67.7 Å². The van der Waals surface area contributed by atoms with Gasteiger partial charge in [-0.1, -0.05) is 0 Å². The SMILES string of the molecule is CNC(=O)CNC(=O)[C@@H]1O[C@H]2OC(C)(C)O[C@@H]2[C@@H]2OC(C)(C)O[C@H]21. The van der Waals surface area contributed by atoms with Gasteiger partial charge < -0.3 is 34.3 Å². The van der Waals surface area contributed by atoms with E-state index in [-0.39, 0.29) is 12.5 Å². The Balaban J connectivity index is 1.77. The molecule has 0 saturated carbocycles. The second-order valence-corrected chi connectivity index (χ2v) is 6.98. The molecule has 3 saturated heterocycles. The van der Waals surface area contributed by atoms with E-state index in [1.807, 2.05) is 0 Å². The fourth-order valence-electron chi connectivity index (χ4n) is 3.18. The smallest absolute Gasteiger partial charge is 0.252 e. The predicted octanol–water partition coefficient (Wildman–Crippen LogP) is -0.755. The number of hydrogen-bond acceptors (Lipinski definition) is 7. The third-order valence-corrected chi connectivity index (χ3v) is 4.12. The van der Waals surface area contributed by atoms with Crippen LogP contribution in [0.25, 0.3) is 0 Å². The number of fused-ring (bicyclic) bond motifs is 3. The van der Waals surface area contributed by atoms with Crippen LogP contribution in [0.3, 0.4) is 0 Å². The lowest BCUT2D eigenvalue weighted by atomic mass is 9.98. The van der Waals surface area contributed by atoms with Gasteiger partial charge in [0.05, 0.1) is 6.54 Å². The van der Waals surface area contributed by atoms with Crippen LogP contribution in [0, 0.1) is 0 Å². The van der Waals surface area contributed by atoms with Gasteiger partial charge in [0, 0.05) is 7.05 Å². The molecule has 0 aromatic heterocycles. The number of hydrogen-bond donors (Lipinski definition) is 2. The molecule has 0 spiro atoms. The fourth-order valence-corrected chi connectivity index (χ4v) is 3.18. The van der Waals surface area contributed by atoms with Crippen molar-refractivity contribution in [3.63, 3.8) is 0 Å². The average Bonchev–Trinajstić information content (AvgIpc) is 2.97. The molecule has 0 bridgehead atoms. The molecule has 24 heavy (non-hydrogen) atoms. The maximum atomic E-state index is 12.5. The molecule has 3 aliphatic rings. The average molecular weight is 344 g/mol. The maximum Gasteiger partial charge on any atom is 0.252 e. The zero-order valence-corrected chi connectivity index (χ0v) is 14.5. The van der Waals surface area contributed by atoms with Gasteiger partial charge in [-0.25, -0.2) is 0 Å². The number of nitrogens with one attached hydrogen (secondary N) is 2. The van der Waals surface area contributed by atoms with Crippen LogP contribution in [0.4, 0.5) is 0 Å². The molecule has 3 heterocycles. The Morgan fingerprint density at radius 2 is 1.50 bits per heavy atom. The molecular formula is C15H24N2O7. The minimum atomic E-state index is -0.958. The first-order valence-corrected chi connectivity index (χ1v) is 7.97. The minimum Gasteiger partial charge on any atom is -0.358 e. The Morgan fingerprint density at radius 3 is 2.17 bits per heavy atom. The Kier molecular flexibility index (Phi) is 4.33. The summed E-state index contributed by atoms with van der Waals surface area (Å²) in [6.07, 6.45) is -3.34. The Labute approximate surface area is 140 Å². The summed E-state index contributed by atoms with van der Waals surface area (Å²) in [5.41, 5.74) is 0. The van der Waals surface area contributed by atoms with E-state index in [0.29, 0.717) is 0 Å². The van der Waals surface area contributed by atoms with E-state index in [1.165, 1.54) is 7.05 Å². The minimum absolute atomic E-state index is 0.145. The van der Waals surface area contributed by atoms with Crippen LogP contribution in [0.2, 0.25) is 0 Å². The molecule has 3 rings (SSSR count). The first kappa shape index (κ1) is 17.6. The zero-order chi connectivity index (χ0) is 17.7. The molecule has 9 heteroatoms. The van der Waals surface area contributed by atoms with Crippen molar-refractivity contribution < 1.29 is 33.3 Å². The molecule has 0 radical (unpaired) electrons. The number of carbonyl (C=O) groups is 2. The van der Waals surface area contributed by atoms with E-state index in [4.69, 9.17) is 23.7 Å². The summed E-state index contributed by atoms with van der Waals surface area (Å²) < 4.78 is 29.1. The summed E-state index contributed by atoms with van der Waals surface area (Å²) in [6, 6.07) is 0. The Hall–Kier alpha value is -1.26. The Morgan fingerprint density at radius 1 is 0.917 bits per heavy atom. The van der Waals surface area contributed by atoms with Gasteiger partial charge >= 0.3 is 0 Å². The second kappa shape index (κ2) is 5.92. The third kappa shape index (κ3) is 3.27. The van der Waals surface area contributed by atoms with Gasteiger partial charge in [0.2, 0.25) is 5.91 Å². The lowest BCUT2D eigenvalue weighted by Gasteiger charge is -2.36. The highest BCUT2D eigenvalue weighted by molar-refractivity contribution is 5.87. The van der Waals surface area contributed by atoms with Crippen LogP contribution >= 0.6 is 0 Å². The van der Waals surface area contributed by atoms with Crippen molar-refractivity contribution in [1.82, 2.24) is 10.6 Å². The molecule has 136 valence electrons. The van der Waals surface area contributed by atoms with Crippen molar-refractivity contribution in [3.05, 3.63) is 0 Å². The predicted molar refractivity (Wildman–Crippen MR) is 79.6 cm³/mol. The van der Waals surface area contributed by atoms with Gasteiger partial charge in [-0.05, 0) is 27.7 Å². The third-order valence-electron chi connectivity index (χ3n) is 4.12. The monoisotopic (exact) mass is 344 g/mol. The van der Waals surface area contributed by atoms with Crippen LogP contribution in [0.1, 0.15) is 27.7 Å². The van der Waals surface area contributed by atoms with E-state index >= 15 is 0 Å². The normalized spacial score (nSPS) is 39.0. The van der Waals surface area contributed by atoms with E-state index in [2.05, 4.69) is 10.6 Å². The number of carbonyl (C=O) groups excluding carboxylic acids is 2. The summed E-state index contributed by atoms with van der Waals surface area (Å²) in [5, 5.41) is 4.97. The van der Waals surface area contributed by atoms with Gasteiger partial charge in [0.25, 0.3) is 5.91 Å². The van der Waals surface area contributed by atoms with E-state index < -0.39 is 48.2 Å². The summed E-state index contributed by atoms with van der Waals surface area (Å²) in [4.78, 5) is 23.8. The van der Waals surface area contributed by atoms with Crippen molar-refractivity contribution in [3.8, 4) is 0 Å². The zero-order valence-electron chi connectivity index (χ0n) is 14.5. The van der Waals surface area contributed by atoms with Crippen molar-refractivity contribution in [1.29, 1.82) is 0 Å². The molecule has 3 fully saturated rings. The highest BCUT2D eigenvalue weighted by Gasteiger charge is 2.62. The first-order chi connectivity index (χ1) is 11.1. The molecular weight excluding hydrogens is 320 g/mol. The number of rotatable bonds is 3. The lowest BCUT2D eigenvalue weighted by molar-refractivity contribution is -0.231. The number of likely N-dealkylation sites (N-methyl/N-ethyl adjacent to an activating group) is 1. The van der Waals surface area contributed by atoms with Crippen molar-refractivity contribution in [2.24, 2.45) is 0 Å². The van der Waals surface area contributed by atoms with Gasteiger partial charge in [-0.15, -0.1) is 0 Å². The second-order valence-electron chi connectivity index (χ2n) is 6.98. The van der Waals surface area contributed by atoms with E-state index in [0.717, 1.165) is 0 Å². The quantitative estimate of drug-likeness (QED) is 0.694. The fraction of sp³-hybridized carbons (Fsp3) is 0.867. The molecule has 5 atom stereocenters. The lowest BCUT2D eigenvalue weighted by Crippen LogP contribution is -2.60. The molecule has 3 aliphatic heterocycles. The van der Waals surface area contributed by atoms with Crippen LogP contribution in [-0.2, 0) is 33.3 Å².